The first-order valence-corrected chi connectivity index (χ1v) is 7.21. The van der Waals surface area contributed by atoms with E-state index >= 15 is 0 Å². The molecule has 2 N–H and O–H groups in total. The third-order valence-corrected chi connectivity index (χ3v) is 4.08. The minimum Gasteiger partial charge on any atom is -0.465 e. The highest BCUT2D eigenvalue weighted by Gasteiger charge is 2.33. The van der Waals surface area contributed by atoms with Gasteiger partial charge >= 0.3 is 0 Å². The summed E-state index contributed by atoms with van der Waals surface area (Å²) >= 11 is 0. The normalized spacial score (nSPS) is 21.2. The molecular weight excluding hydrogens is 250 g/mol. The molecule has 3 heterocycles. The first kappa shape index (κ1) is 13.3. The van der Waals surface area contributed by atoms with Crippen molar-refractivity contribution in [3.05, 3.63) is 53.7 Å². The molecule has 0 radical (unpaired) electrons. The third kappa shape index (κ3) is 2.49. The number of aryl methyl sites for hydroxylation is 1. The van der Waals surface area contributed by atoms with Crippen molar-refractivity contribution in [2.24, 2.45) is 5.73 Å². The van der Waals surface area contributed by atoms with Gasteiger partial charge in [0.1, 0.15) is 11.5 Å². The molecule has 20 heavy (non-hydrogen) atoms. The van der Waals surface area contributed by atoms with Crippen LogP contribution in [-0.2, 0) is 0 Å². The molecule has 0 aliphatic carbocycles. The minimum absolute atomic E-state index is 0.149. The predicted molar refractivity (Wildman–Crippen MR) is 78.2 cm³/mol. The Morgan fingerprint density at radius 2 is 2.35 bits per heavy atom. The quantitative estimate of drug-likeness (QED) is 0.929. The Morgan fingerprint density at radius 3 is 3.00 bits per heavy atom. The molecule has 1 aliphatic heterocycles. The Morgan fingerprint density at radius 1 is 1.45 bits per heavy atom. The molecule has 0 aromatic carbocycles. The Hall–Kier alpha value is -1.65. The predicted octanol–water partition coefficient (Wildman–Crippen LogP) is 2.82. The summed E-state index contributed by atoms with van der Waals surface area (Å²) in [6.07, 6.45) is 6.13. The molecule has 2 unspecified atom stereocenters. The zero-order chi connectivity index (χ0) is 13.9. The molecule has 0 saturated carbocycles. The van der Waals surface area contributed by atoms with Gasteiger partial charge in [-0.3, -0.25) is 9.88 Å². The van der Waals surface area contributed by atoms with Crippen LogP contribution in [-0.4, -0.2) is 23.0 Å². The van der Waals surface area contributed by atoms with Crippen molar-refractivity contribution in [2.45, 2.75) is 31.8 Å². The maximum absolute atomic E-state index is 6.02. The van der Waals surface area contributed by atoms with Gasteiger partial charge in [-0.05, 0) is 50.1 Å². The first-order valence-electron chi connectivity index (χ1n) is 7.21. The standard InChI is InChI=1S/C16H21N3O/c1-12-6-7-16(20-12)15(10-17)19-9-3-5-14(19)13-4-2-8-18-11-13/h2,4,6-8,11,14-15H,3,5,9-10,17H2,1H3. The van der Waals surface area contributed by atoms with E-state index in [2.05, 4.69) is 16.0 Å². The van der Waals surface area contributed by atoms with E-state index in [-0.39, 0.29) is 6.04 Å². The topological polar surface area (TPSA) is 55.3 Å². The molecule has 0 amide bonds. The Bertz CT molecular complexity index is 552. The summed E-state index contributed by atoms with van der Waals surface area (Å²) in [5.41, 5.74) is 7.29. The third-order valence-electron chi connectivity index (χ3n) is 4.08. The lowest BCUT2D eigenvalue weighted by Crippen LogP contribution is -2.33. The van der Waals surface area contributed by atoms with Gasteiger partial charge in [0.25, 0.3) is 0 Å². The van der Waals surface area contributed by atoms with Crippen molar-refractivity contribution in [2.75, 3.05) is 13.1 Å². The number of furan rings is 1. The molecule has 4 heteroatoms. The van der Waals surface area contributed by atoms with E-state index < -0.39 is 0 Å². The molecule has 0 bridgehead atoms. The molecule has 1 fully saturated rings. The second-order valence-electron chi connectivity index (χ2n) is 5.38. The number of nitrogens with zero attached hydrogens (tertiary/aromatic N) is 2. The van der Waals surface area contributed by atoms with Gasteiger partial charge in [-0.25, -0.2) is 0 Å². The van der Waals surface area contributed by atoms with E-state index in [1.165, 1.54) is 12.0 Å². The number of hydrogen-bond donors (Lipinski definition) is 1. The summed E-state index contributed by atoms with van der Waals surface area (Å²) in [5.74, 6) is 1.91. The fraction of sp³-hybridized carbons (Fsp3) is 0.438. The lowest BCUT2D eigenvalue weighted by molar-refractivity contribution is 0.163. The fourth-order valence-electron chi connectivity index (χ4n) is 3.14. The molecule has 1 saturated heterocycles. The van der Waals surface area contributed by atoms with E-state index in [0.29, 0.717) is 12.6 Å². The lowest BCUT2D eigenvalue weighted by atomic mass is 10.0. The Kier molecular flexibility index (Phi) is 3.85. The van der Waals surface area contributed by atoms with Crippen molar-refractivity contribution in [1.29, 1.82) is 0 Å². The summed E-state index contributed by atoms with van der Waals surface area (Å²) in [7, 11) is 0. The molecule has 3 rings (SSSR count). The molecule has 2 aromatic heterocycles. The number of hydrogen-bond acceptors (Lipinski definition) is 4. The van der Waals surface area contributed by atoms with E-state index in [9.17, 15) is 0 Å². The molecule has 1 aliphatic rings. The van der Waals surface area contributed by atoms with Crippen LogP contribution in [0, 0.1) is 6.92 Å². The zero-order valence-electron chi connectivity index (χ0n) is 11.8. The van der Waals surface area contributed by atoms with E-state index in [1.54, 1.807) is 0 Å². The fourth-order valence-corrected chi connectivity index (χ4v) is 3.14. The van der Waals surface area contributed by atoms with Gasteiger partial charge in [-0.15, -0.1) is 0 Å². The van der Waals surface area contributed by atoms with Crippen LogP contribution in [0.25, 0.3) is 0 Å². The number of likely N-dealkylation sites (tertiary alicyclic amines) is 1. The van der Waals surface area contributed by atoms with E-state index in [0.717, 1.165) is 24.5 Å². The van der Waals surface area contributed by atoms with Crippen molar-refractivity contribution < 1.29 is 4.42 Å². The summed E-state index contributed by atoms with van der Waals surface area (Å²) in [4.78, 5) is 6.70. The minimum atomic E-state index is 0.149. The average molecular weight is 271 g/mol. The summed E-state index contributed by atoms with van der Waals surface area (Å²) in [5, 5.41) is 0. The second-order valence-corrected chi connectivity index (χ2v) is 5.38. The smallest absolute Gasteiger partial charge is 0.122 e. The molecule has 2 atom stereocenters. The Labute approximate surface area is 119 Å². The van der Waals surface area contributed by atoms with Crippen molar-refractivity contribution in [1.82, 2.24) is 9.88 Å². The highest BCUT2D eigenvalue weighted by Crippen LogP contribution is 2.38. The maximum atomic E-state index is 6.02. The SMILES string of the molecule is Cc1ccc(C(CN)N2CCCC2c2cccnc2)o1. The van der Waals surface area contributed by atoms with Gasteiger partial charge in [-0.1, -0.05) is 6.07 Å². The summed E-state index contributed by atoms with van der Waals surface area (Å²) in [6.45, 7) is 3.60. The number of rotatable bonds is 4. The van der Waals surface area contributed by atoms with Gasteiger partial charge in [0, 0.05) is 25.0 Å². The highest BCUT2D eigenvalue weighted by atomic mass is 16.3. The van der Waals surface area contributed by atoms with Crippen LogP contribution in [0.5, 0.6) is 0 Å². The van der Waals surface area contributed by atoms with Crippen molar-refractivity contribution >= 4 is 0 Å². The van der Waals surface area contributed by atoms with E-state index in [4.69, 9.17) is 10.2 Å². The average Bonchev–Trinajstić information content (AvgIpc) is 3.11. The van der Waals surface area contributed by atoms with Crippen LogP contribution in [0.1, 0.15) is 42.0 Å². The van der Waals surface area contributed by atoms with Crippen molar-refractivity contribution in [3.63, 3.8) is 0 Å². The number of aromatic nitrogens is 1. The summed E-state index contributed by atoms with van der Waals surface area (Å²) < 4.78 is 5.80. The van der Waals surface area contributed by atoms with Crippen LogP contribution in [0.15, 0.2) is 41.1 Å². The van der Waals surface area contributed by atoms with Crippen LogP contribution in [0.3, 0.4) is 0 Å². The van der Waals surface area contributed by atoms with Crippen LogP contribution < -0.4 is 5.73 Å². The largest absolute Gasteiger partial charge is 0.465 e. The molecule has 4 nitrogen and oxygen atoms in total. The van der Waals surface area contributed by atoms with Gasteiger partial charge in [0.05, 0.1) is 6.04 Å². The Balaban J connectivity index is 1.87. The molecule has 0 spiro atoms. The van der Waals surface area contributed by atoms with Gasteiger partial charge in [-0.2, -0.15) is 0 Å². The van der Waals surface area contributed by atoms with E-state index in [1.807, 2.05) is 37.5 Å². The number of nitrogens with two attached hydrogens (primary N) is 1. The molecular formula is C16H21N3O. The van der Waals surface area contributed by atoms with Crippen LogP contribution >= 0.6 is 0 Å². The molecule has 106 valence electrons. The van der Waals surface area contributed by atoms with Crippen LogP contribution in [0.2, 0.25) is 0 Å². The second kappa shape index (κ2) is 5.77. The lowest BCUT2D eigenvalue weighted by Gasteiger charge is -2.31. The maximum Gasteiger partial charge on any atom is 0.122 e. The monoisotopic (exact) mass is 271 g/mol. The number of pyridine rings is 1. The van der Waals surface area contributed by atoms with Crippen LogP contribution in [0.4, 0.5) is 0 Å². The summed E-state index contributed by atoms with van der Waals surface area (Å²) in [6, 6.07) is 8.75. The zero-order valence-corrected chi connectivity index (χ0v) is 11.8. The molecule has 2 aromatic rings. The van der Waals surface area contributed by atoms with Gasteiger partial charge in [0.15, 0.2) is 0 Å². The van der Waals surface area contributed by atoms with Gasteiger partial charge in [0.2, 0.25) is 0 Å². The highest BCUT2D eigenvalue weighted by molar-refractivity contribution is 5.18. The van der Waals surface area contributed by atoms with Gasteiger partial charge < -0.3 is 10.2 Å². The van der Waals surface area contributed by atoms with Crippen molar-refractivity contribution in [3.8, 4) is 0 Å². The first-order chi connectivity index (χ1) is 9.79.